The van der Waals surface area contributed by atoms with Gasteiger partial charge in [0.25, 0.3) is 0 Å². The highest BCUT2D eigenvalue weighted by Crippen LogP contribution is 2.37. The molecule has 0 atom stereocenters. The molecule has 0 heterocycles. The first-order valence-corrected chi connectivity index (χ1v) is 6.46. The van der Waals surface area contributed by atoms with Crippen LogP contribution in [0.5, 0.6) is 0 Å². The highest BCUT2D eigenvalue weighted by atomic mass is 35.5. The molecule has 92 valence electrons. The first kappa shape index (κ1) is 12.6. The van der Waals surface area contributed by atoms with E-state index in [9.17, 15) is 9.18 Å². The molecular weight excluding hydrogens is 239 g/mol. The van der Waals surface area contributed by atoms with Crippen LogP contribution in [0, 0.1) is 11.7 Å². The van der Waals surface area contributed by atoms with Crippen LogP contribution in [-0.4, -0.2) is 5.24 Å². The van der Waals surface area contributed by atoms with E-state index in [1.54, 1.807) is 0 Å². The number of hydrogen-bond donors (Lipinski definition) is 0. The van der Waals surface area contributed by atoms with E-state index in [2.05, 4.69) is 0 Å². The van der Waals surface area contributed by atoms with Gasteiger partial charge in [0.15, 0.2) is 0 Å². The summed E-state index contributed by atoms with van der Waals surface area (Å²) in [5.74, 6) is 0.768. The summed E-state index contributed by atoms with van der Waals surface area (Å²) in [4.78, 5) is 10.8. The average molecular weight is 255 g/mol. The molecule has 2 rings (SSSR count). The number of carbonyl (C=O) groups is 1. The summed E-state index contributed by atoms with van der Waals surface area (Å²) in [6.45, 7) is 0. The molecule has 0 amide bonds. The molecule has 1 aromatic rings. The van der Waals surface area contributed by atoms with Crippen molar-refractivity contribution in [2.24, 2.45) is 5.92 Å². The van der Waals surface area contributed by atoms with Gasteiger partial charge in [0.05, 0.1) is 0 Å². The van der Waals surface area contributed by atoms with Gasteiger partial charge in [-0.1, -0.05) is 12.1 Å². The van der Waals surface area contributed by atoms with Crippen molar-refractivity contribution in [3.8, 4) is 0 Å². The van der Waals surface area contributed by atoms with Gasteiger partial charge in [0.1, 0.15) is 5.82 Å². The second-order valence-corrected chi connectivity index (χ2v) is 5.25. The molecule has 0 saturated heterocycles. The third kappa shape index (κ3) is 3.53. The molecule has 0 bridgehead atoms. The van der Waals surface area contributed by atoms with Gasteiger partial charge in [0, 0.05) is 6.42 Å². The fraction of sp³-hybridized carbons (Fsp3) is 0.500. The summed E-state index contributed by atoms with van der Waals surface area (Å²) in [6.07, 6.45) is 4.72. The van der Waals surface area contributed by atoms with Gasteiger partial charge in [-0.05, 0) is 66.8 Å². The molecule has 1 aromatic carbocycles. The highest BCUT2D eigenvalue weighted by Gasteiger charge is 2.23. The normalized spacial score (nSPS) is 24.6. The third-order valence-electron chi connectivity index (χ3n) is 3.64. The van der Waals surface area contributed by atoms with Gasteiger partial charge in [-0.2, -0.15) is 0 Å². The predicted molar refractivity (Wildman–Crippen MR) is 66.6 cm³/mol. The van der Waals surface area contributed by atoms with Crippen molar-refractivity contribution in [2.45, 2.75) is 38.0 Å². The molecule has 1 aliphatic carbocycles. The van der Waals surface area contributed by atoms with E-state index >= 15 is 0 Å². The van der Waals surface area contributed by atoms with Gasteiger partial charge < -0.3 is 0 Å². The van der Waals surface area contributed by atoms with Gasteiger partial charge in [-0.3, -0.25) is 4.79 Å². The Bertz CT molecular complexity index is 380. The van der Waals surface area contributed by atoms with Crippen LogP contribution < -0.4 is 0 Å². The van der Waals surface area contributed by atoms with Crippen molar-refractivity contribution >= 4 is 16.8 Å². The summed E-state index contributed by atoms with van der Waals surface area (Å²) in [5, 5.41) is -0.227. The van der Waals surface area contributed by atoms with E-state index in [1.165, 1.54) is 17.7 Å². The van der Waals surface area contributed by atoms with Gasteiger partial charge in [-0.15, -0.1) is 0 Å². The zero-order valence-electron chi connectivity index (χ0n) is 9.66. The zero-order valence-corrected chi connectivity index (χ0v) is 10.4. The lowest BCUT2D eigenvalue weighted by atomic mass is 9.78. The van der Waals surface area contributed by atoms with Gasteiger partial charge in [-0.25, -0.2) is 4.39 Å². The lowest BCUT2D eigenvalue weighted by molar-refractivity contribution is -0.112. The number of carbonyl (C=O) groups excluding carboxylic acids is 1. The van der Waals surface area contributed by atoms with Gasteiger partial charge in [0.2, 0.25) is 5.24 Å². The Kier molecular flexibility index (Phi) is 4.16. The first-order chi connectivity index (χ1) is 8.15. The fourth-order valence-electron chi connectivity index (χ4n) is 2.66. The summed E-state index contributed by atoms with van der Waals surface area (Å²) in [7, 11) is 0. The maximum Gasteiger partial charge on any atom is 0.221 e. The van der Waals surface area contributed by atoms with E-state index in [1.807, 2.05) is 12.1 Å². The number of benzene rings is 1. The molecule has 0 N–H and O–H groups in total. The molecule has 1 aliphatic rings. The Balaban J connectivity index is 1.90. The second kappa shape index (κ2) is 5.63. The first-order valence-electron chi connectivity index (χ1n) is 6.09. The molecule has 0 aliphatic heterocycles. The van der Waals surface area contributed by atoms with Crippen LogP contribution in [0.1, 0.15) is 43.6 Å². The molecular formula is C14H16ClFO. The highest BCUT2D eigenvalue weighted by molar-refractivity contribution is 6.63. The van der Waals surface area contributed by atoms with Crippen molar-refractivity contribution in [2.75, 3.05) is 0 Å². The zero-order chi connectivity index (χ0) is 12.3. The number of hydrogen-bond acceptors (Lipinski definition) is 1. The lowest BCUT2D eigenvalue weighted by Gasteiger charge is -2.28. The minimum Gasteiger partial charge on any atom is -0.281 e. The molecule has 1 saturated carbocycles. The molecule has 0 spiro atoms. The van der Waals surface area contributed by atoms with E-state index in [-0.39, 0.29) is 11.1 Å². The molecule has 0 unspecified atom stereocenters. The quantitative estimate of drug-likeness (QED) is 0.737. The Morgan fingerprint density at radius 1 is 1.18 bits per heavy atom. The maximum absolute atomic E-state index is 12.8. The standard InChI is InChI=1S/C14H16ClFO/c15-14(17)9-10-1-3-11(4-2-10)12-5-7-13(16)8-6-12/h5-8,10-11H,1-4,9H2/t10-,11-. The van der Waals surface area contributed by atoms with Crippen LogP contribution in [0.25, 0.3) is 0 Å². The van der Waals surface area contributed by atoms with E-state index in [0.717, 1.165) is 25.7 Å². The minimum absolute atomic E-state index is 0.185. The molecule has 0 aromatic heterocycles. The molecule has 3 heteroatoms. The Labute approximate surface area is 106 Å². The summed E-state index contributed by atoms with van der Waals surface area (Å²) in [6, 6.07) is 6.77. The van der Waals surface area contributed by atoms with Crippen LogP contribution in [-0.2, 0) is 4.79 Å². The molecule has 17 heavy (non-hydrogen) atoms. The van der Waals surface area contributed by atoms with Crippen LogP contribution in [0.2, 0.25) is 0 Å². The maximum atomic E-state index is 12.8. The van der Waals surface area contributed by atoms with Crippen molar-refractivity contribution in [1.82, 2.24) is 0 Å². The van der Waals surface area contributed by atoms with E-state index in [4.69, 9.17) is 11.6 Å². The van der Waals surface area contributed by atoms with Crippen LogP contribution in [0.4, 0.5) is 4.39 Å². The Hall–Kier alpha value is -0.890. The Morgan fingerprint density at radius 3 is 2.29 bits per heavy atom. The van der Waals surface area contributed by atoms with Crippen molar-refractivity contribution < 1.29 is 9.18 Å². The summed E-state index contributed by atoms with van der Waals surface area (Å²) >= 11 is 5.40. The van der Waals surface area contributed by atoms with Crippen molar-refractivity contribution in [1.29, 1.82) is 0 Å². The second-order valence-electron chi connectivity index (χ2n) is 4.83. The summed E-state index contributed by atoms with van der Waals surface area (Å²) in [5.41, 5.74) is 1.21. The monoisotopic (exact) mass is 254 g/mol. The van der Waals surface area contributed by atoms with Crippen LogP contribution >= 0.6 is 11.6 Å². The minimum atomic E-state index is -0.227. The van der Waals surface area contributed by atoms with Crippen molar-refractivity contribution in [3.63, 3.8) is 0 Å². The predicted octanol–water partition coefficient (Wildman–Crippen LogP) is 4.26. The van der Waals surface area contributed by atoms with E-state index < -0.39 is 0 Å². The lowest BCUT2D eigenvalue weighted by Crippen LogP contribution is -2.15. The largest absolute Gasteiger partial charge is 0.281 e. The number of rotatable bonds is 3. The molecule has 0 radical (unpaired) electrons. The Morgan fingerprint density at radius 2 is 1.76 bits per heavy atom. The van der Waals surface area contributed by atoms with Crippen molar-refractivity contribution in [3.05, 3.63) is 35.6 Å². The molecule has 1 fully saturated rings. The fourth-order valence-corrected chi connectivity index (χ4v) is 2.88. The topological polar surface area (TPSA) is 17.1 Å². The van der Waals surface area contributed by atoms with Crippen LogP contribution in [0.15, 0.2) is 24.3 Å². The van der Waals surface area contributed by atoms with Gasteiger partial charge >= 0.3 is 0 Å². The van der Waals surface area contributed by atoms with Crippen LogP contribution in [0.3, 0.4) is 0 Å². The third-order valence-corrected chi connectivity index (χ3v) is 3.79. The number of halogens is 2. The smallest absolute Gasteiger partial charge is 0.221 e. The summed E-state index contributed by atoms with van der Waals surface area (Å²) < 4.78 is 12.8. The molecule has 1 nitrogen and oxygen atoms in total. The SMILES string of the molecule is O=C(Cl)C[C@H]1CC[C@H](c2ccc(F)cc2)CC1. The van der Waals surface area contributed by atoms with E-state index in [0.29, 0.717) is 18.3 Å². The average Bonchev–Trinajstić information content (AvgIpc) is 2.30.